The molecular formula is C6H7BO3S. The van der Waals surface area contributed by atoms with Crippen LogP contribution in [0.25, 0.3) is 0 Å². The normalized spacial score (nSPS) is 9.55. The number of thiophene rings is 1. The zero-order chi connectivity index (χ0) is 8.43. The number of carboxylic acids is 1. The Morgan fingerprint density at radius 2 is 2.45 bits per heavy atom. The van der Waals surface area contributed by atoms with Crippen molar-refractivity contribution in [3.8, 4) is 5.75 Å². The molecular weight excluding hydrogens is 163 g/mol. The van der Waals surface area contributed by atoms with Crippen LogP contribution in [0, 0.1) is 0 Å². The Balaban J connectivity index is 3.15. The number of carboxylic acid groups (broad SMARTS) is 1. The van der Waals surface area contributed by atoms with E-state index in [4.69, 9.17) is 9.84 Å². The molecule has 1 aromatic rings. The van der Waals surface area contributed by atoms with Crippen LogP contribution in [0.5, 0.6) is 5.75 Å². The summed E-state index contributed by atoms with van der Waals surface area (Å²) in [7, 11) is 3.29. The molecule has 0 saturated carbocycles. The van der Waals surface area contributed by atoms with Gasteiger partial charge in [-0.2, -0.15) is 0 Å². The first kappa shape index (κ1) is 8.13. The van der Waals surface area contributed by atoms with Gasteiger partial charge in [-0.05, 0) is 10.8 Å². The van der Waals surface area contributed by atoms with Crippen molar-refractivity contribution in [3.63, 3.8) is 0 Å². The molecule has 0 saturated heterocycles. The largest absolute Gasteiger partial charge is 0.496 e. The lowest BCUT2D eigenvalue weighted by Crippen LogP contribution is -2.05. The van der Waals surface area contributed by atoms with Gasteiger partial charge < -0.3 is 9.84 Å². The van der Waals surface area contributed by atoms with Gasteiger partial charge in [0, 0.05) is 0 Å². The molecule has 0 aromatic carbocycles. The first-order valence-corrected chi connectivity index (χ1v) is 3.90. The van der Waals surface area contributed by atoms with Crippen LogP contribution in [0.3, 0.4) is 0 Å². The second-order valence-electron chi connectivity index (χ2n) is 2.09. The van der Waals surface area contributed by atoms with Gasteiger partial charge in [-0.25, -0.2) is 4.79 Å². The zero-order valence-electron chi connectivity index (χ0n) is 6.25. The molecule has 1 rings (SSSR count). The average Bonchev–Trinajstić information content (AvgIpc) is 2.30. The Morgan fingerprint density at radius 3 is 2.82 bits per heavy atom. The van der Waals surface area contributed by atoms with Gasteiger partial charge in [0.25, 0.3) is 0 Å². The maximum absolute atomic E-state index is 10.5. The topological polar surface area (TPSA) is 46.5 Å². The summed E-state index contributed by atoms with van der Waals surface area (Å²) in [5.74, 6) is -0.456. The van der Waals surface area contributed by atoms with Gasteiger partial charge in [0.1, 0.15) is 13.6 Å². The molecule has 0 aliphatic rings. The fourth-order valence-corrected chi connectivity index (χ4v) is 1.69. The maximum atomic E-state index is 10.5. The molecule has 3 nitrogen and oxygen atoms in total. The number of aromatic carboxylic acids is 1. The Hall–Kier alpha value is -0.965. The van der Waals surface area contributed by atoms with Crippen molar-refractivity contribution in [1.29, 1.82) is 0 Å². The van der Waals surface area contributed by atoms with Crippen molar-refractivity contribution in [2.75, 3.05) is 7.11 Å². The van der Waals surface area contributed by atoms with E-state index in [0.717, 1.165) is 5.46 Å². The van der Waals surface area contributed by atoms with E-state index in [1.165, 1.54) is 18.4 Å². The van der Waals surface area contributed by atoms with Crippen LogP contribution in [0.4, 0.5) is 0 Å². The van der Waals surface area contributed by atoms with Crippen LogP contribution in [-0.4, -0.2) is 26.0 Å². The van der Waals surface area contributed by atoms with Crippen molar-refractivity contribution in [1.82, 2.24) is 0 Å². The summed E-state index contributed by atoms with van der Waals surface area (Å²) in [5.41, 5.74) is 0.870. The van der Waals surface area contributed by atoms with Crippen molar-refractivity contribution in [2.24, 2.45) is 0 Å². The Morgan fingerprint density at radius 1 is 1.82 bits per heavy atom. The quantitative estimate of drug-likeness (QED) is 0.620. The van der Waals surface area contributed by atoms with Crippen molar-refractivity contribution >= 4 is 30.6 Å². The van der Waals surface area contributed by atoms with Gasteiger partial charge in [0.2, 0.25) is 0 Å². The second kappa shape index (κ2) is 2.96. The lowest BCUT2D eigenvalue weighted by molar-refractivity contribution is 0.0699. The molecule has 0 atom stereocenters. The van der Waals surface area contributed by atoms with Crippen molar-refractivity contribution < 1.29 is 14.6 Å². The minimum absolute atomic E-state index is 0.269. The molecule has 0 amide bonds. The molecule has 1 heterocycles. The molecule has 0 aliphatic heterocycles. The van der Waals surface area contributed by atoms with E-state index in [9.17, 15) is 4.79 Å². The first-order valence-electron chi connectivity index (χ1n) is 3.02. The predicted molar refractivity (Wildman–Crippen MR) is 46.0 cm³/mol. The van der Waals surface area contributed by atoms with E-state index in [1.54, 1.807) is 5.38 Å². The average molecular weight is 170 g/mol. The SMILES string of the molecule is Bc1csc(C(=O)O)c1OC. The maximum Gasteiger partial charge on any atom is 0.349 e. The fraction of sp³-hybridized carbons (Fsp3) is 0.167. The molecule has 5 heteroatoms. The van der Waals surface area contributed by atoms with Crippen molar-refractivity contribution in [2.45, 2.75) is 0 Å². The Kier molecular flexibility index (Phi) is 2.19. The molecule has 0 fully saturated rings. The highest BCUT2D eigenvalue weighted by Crippen LogP contribution is 2.20. The van der Waals surface area contributed by atoms with Gasteiger partial charge >= 0.3 is 5.97 Å². The molecule has 0 aliphatic carbocycles. The van der Waals surface area contributed by atoms with Crippen LogP contribution < -0.4 is 10.2 Å². The molecule has 11 heavy (non-hydrogen) atoms. The minimum atomic E-state index is -0.931. The van der Waals surface area contributed by atoms with Crippen LogP contribution in [0.2, 0.25) is 0 Å². The van der Waals surface area contributed by atoms with Crippen molar-refractivity contribution in [3.05, 3.63) is 10.3 Å². The summed E-state index contributed by atoms with van der Waals surface area (Å²) in [6.45, 7) is 0. The highest BCUT2D eigenvalue weighted by atomic mass is 32.1. The van der Waals surface area contributed by atoms with Crippen LogP contribution in [0.1, 0.15) is 9.67 Å². The number of carbonyl (C=O) groups is 1. The summed E-state index contributed by atoms with van der Waals surface area (Å²) in [6, 6.07) is 0. The highest BCUT2D eigenvalue weighted by molar-refractivity contribution is 7.13. The standard InChI is InChI=1S/C6H7BO3S/c1-10-4-3(7)2-11-5(4)6(8)9/h2H,7H2,1H3,(H,8,9). The number of rotatable bonds is 2. The summed E-state index contributed by atoms with van der Waals surface area (Å²) in [6.07, 6.45) is 0. The molecule has 1 aromatic heterocycles. The van der Waals surface area contributed by atoms with E-state index in [1.807, 2.05) is 7.85 Å². The fourth-order valence-electron chi connectivity index (χ4n) is 0.835. The second-order valence-corrected chi connectivity index (χ2v) is 2.97. The van der Waals surface area contributed by atoms with Gasteiger partial charge in [-0.3, -0.25) is 0 Å². The van der Waals surface area contributed by atoms with Gasteiger partial charge in [-0.1, -0.05) is 0 Å². The van der Waals surface area contributed by atoms with E-state index in [-0.39, 0.29) is 4.88 Å². The third-order valence-electron chi connectivity index (χ3n) is 1.32. The number of ether oxygens (including phenoxy) is 1. The van der Waals surface area contributed by atoms with Gasteiger partial charge in [0.15, 0.2) is 4.88 Å². The molecule has 1 N–H and O–H groups in total. The molecule has 58 valence electrons. The molecule has 0 bridgehead atoms. The third-order valence-corrected chi connectivity index (χ3v) is 2.38. The lowest BCUT2D eigenvalue weighted by atomic mass is 9.99. The number of hydrogen-bond donors (Lipinski definition) is 1. The number of methoxy groups -OCH3 is 1. The van der Waals surface area contributed by atoms with Crippen LogP contribution in [0.15, 0.2) is 5.38 Å². The van der Waals surface area contributed by atoms with E-state index < -0.39 is 5.97 Å². The monoisotopic (exact) mass is 170 g/mol. The van der Waals surface area contributed by atoms with Crippen LogP contribution in [-0.2, 0) is 0 Å². The summed E-state index contributed by atoms with van der Waals surface area (Å²) in [5, 5.41) is 10.4. The Labute approximate surface area is 69.0 Å². The van der Waals surface area contributed by atoms with Gasteiger partial charge in [0.05, 0.1) is 7.11 Å². The Bertz CT molecular complexity index is 281. The number of hydrogen-bond acceptors (Lipinski definition) is 3. The smallest absolute Gasteiger partial charge is 0.349 e. The van der Waals surface area contributed by atoms with E-state index in [0.29, 0.717) is 5.75 Å². The molecule has 0 unspecified atom stereocenters. The molecule has 0 radical (unpaired) electrons. The van der Waals surface area contributed by atoms with Gasteiger partial charge in [-0.15, -0.1) is 11.3 Å². The summed E-state index contributed by atoms with van der Waals surface area (Å²) in [4.78, 5) is 10.8. The predicted octanol–water partition coefficient (Wildman–Crippen LogP) is -0.287. The van der Waals surface area contributed by atoms with E-state index in [2.05, 4.69) is 0 Å². The zero-order valence-corrected chi connectivity index (χ0v) is 7.07. The third kappa shape index (κ3) is 1.37. The highest BCUT2D eigenvalue weighted by Gasteiger charge is 2.14. The molecule has 0 spiro atoms. The summed E-state index contributed by atoms with van der Waals surface area (Å²) < 4.78 is 4.91. The first-order chi connectivity index (χ1) is 5.16. The van der Waals surface area contributed by atoms with Crippen LogP contribution >= 0.6 is 11.3 Å². The summed E-state index contributed by atoms with van der Waals surface area (Å²) >= 11 is 1.18. The van der Waals surface area contributed by atoms with E-state index >= 15 is 0 Å². The lowest BCUT2D eigenvalue weighted by Gasteiger charge is -1.98. The minimum Gasteiger partial charge on any atom is -0.496 e.